The van der Waals surface area contributed by atoms with E-state index >= 15 is 0 Å². The average Bonchev–Trinajstić information content (AvgIpc) is 2.43. The molecular weight excluding hydrogens is 262 g/mol. The van der Waals surface area contributed by atoms with Gasteiger partial charge < -0.3 is 10.2 Å². The first-order valence-electron chi connectivity index (χ1n) is 6.42. The van der Waals surface area contributed by atoms with Crippen LogP contribution < -0.4 is 10.2 Å². The largest absolute Gasteiger partial charge is 0.349 e. The van der Waals surface area contributed by atoms with Crippen molar-refractivity contribution in [3.63, 3.8) is 0 Å². The van der Waals surface area contributed by atoms with Crippen LogP contribution in [0, 0.1) is 0 Å². The van der Waals surface area contributed by atoms with E-state index in [1.54, 1.807) is 6.20 Å². The van der Waals surface area contributed by atoms with Crippen molar-refractivity contribution in [1.82, 2.24) is 20.5 Å². The summed E-state index contributed by atoms with van der Waals surface area (Å²) >= 11 is 6.10. The van der Waals surface area contributed by atoms with Gasteiger partial charge >= 0.3 is 0 Å². The maximum absolute atomic E-state index is 6.10. The van der Waals surface area contributed by atoms with E-state index < -0.39 is 0 Å². The highest BCUT2D eigenvalue weighted by Crippen LogP contribution is 2.29. The second-order valence-electron chi connectivity index (χ2n) is 5.05. The van der Waals surface area contributed by atoms with Crippen LogP contribution in [0.25, 0.3) is 10.8 Å². The van der Waals surface area contributed by atoms with Gasteiger partial charge in [-0.05, 0) is 19.9 Å². The van der Waals surface area contributed by atoms with Gasteiger partial charge in [0.25, 0.3) is 0 Å². The molecule has 2 aromatic heterocycles. The summed E-state index contributed by atoms with van der Waals surface area (Å²) in [5.74, 6) is 0.869. The number of hydrogen-bond donors (Lipinski definition) is 1. The third-order valence-corrected chi connectivity index (χ3v) is 3.83. The number of aromatic nitrogens is 3. The van der Waals surface area contributed by atoms with Crippen molar-refractivity contribution in [2.24, 2.45) is 0 Å². The van der Waals surface area contributed by atoms with Crippen molar-refractivity contribution < 1.29 is 0 Å². The minimum atomic E-state index is 0.370. The number of piperazine rings is 1. The first-order valence-corrected chi connectivity index (χ1v) is 6.80. The molecule has 0 aliphatic carbocycles. The molecule has 0 amide bonds. The lowest BCUT2D eigenvalue weighted by Crippen LogP contribution is -2.54. The molecule has 100 valence electrons. The molecule has 1 aliphatic heterocycles. The lowest BCUT2D eigenvalue weighted by molar-refractivity contribution is 0.422. The Kier molecular flexibility index (Phi) is 3.24. The molecule has 2 atom stereocenters. The molecule has 1 fully saturated rings. The van der Waals surface area contributed by atoms with Crippen molar-refractivity contribution >= 4 is 28.2 Å². The number of fused-ring (bicyclic) bond motifs is 1. The predicted octanol–water partition coefficient (Wildman–Crippen LogP) is 1.86. The summed E-state index contributed by atoms with van der Waals surface area (Å²) in [7, 11) is 0. The summed E-state index contributed by atoms with van der Waals surface area (Å²) in [6.45, 7) is 6.19. The third-order valence-electron chi connectivity index (χ3n) is 3.55. The second kappa shape index (κ2) is 4.90. The van der Waals surface area contributed by atoms with Crippen LogP contribution in [0.1, 0.15) is 13.8 Å². The minimum Gasteiger partial charge on any atom is -0.349 e. The van der Waals surface area contributed by atoms with Crippen LogP contribution in [0.5, 0.6) is 0 Å². The predicted molar refractivity (Wildman–Crippen MR) is 76.6 cm³/mol. The van der Waals surface area contributed by atoms with Gasteiger partial charge in [-0.3, -0.25) is 4.98 Å². The van der Waals surface area contributed by atoms with Gasteiger partial charge in [-0.15, -0.1) is 10.2 Å². The van der Waals surface area contributed by atoms with Crippen LogP contribution in [-0.2, 0) is 0 Å². The normalized spacial score (nSPS) is 23.8. The Bertz CT molecular complexity index is 603. The first-order chi connectivity index (χ1) is 9.16. The fourth-order valence-electron chi connectivity index (χ4n) is 2.48. The van der Waals surface area contributed by atoms with E-state index in [0.29, 0.717) is 17.2 Å². The van der Waals surface area contributed by atoms with E-state index in [4.69, 9.17) is 11.6 Å². The SMILES string of the molecule is C[C@@H]1CN(c2nnc(Cl)c3ccncc23)[C@@H](C)CN1. The first kappa shape index (κ1) is 12.6. The number of halogens is 1. The maximum atomic E-state index is 6.10. The molecule has 0 unspecified atom stereocenters. The Hall–Kier alpha value is -1.46. The number of anilines is 1. The molecule has 0 saturated carbocycles. The molecule has 1 saturated heterocycles. The van der Waals surface area contributed by atoms with E-state index in [1.807, 2.05) is 12.3 Å². The number of nitrogens with zero attached hydrogens (tertiary/aromatic N) is 4. The van der Waals surface area contributed by atoms with Crippen molar-refractivity contribution in [2.45, 2.75) is 25.9 Å². The molecule has 1 aliphatic rings. The van der Waals surface area contributed by atoms with Crippen LogP contribution in [-0.4, -0.2) is 40.4 Å². The van der Waals surface area contributed by atoms with Crippen molar-refractivity contribution in [1.29, 1.82) is 0 Å². The van der Waals surface area contributed by atoms with Crippen molar-refractivity contribution in [3.05, 3.63) is 23.6 Å². The van der Waals surface area contributed by atoms with Gasteiger partial charge in [0.15, 0.2) is 11.0 Å². The maximum Gasteiger partial charge on any atom is 0.161 e. The molecule has 0 bridgehead atoms. The monoisotopic (exact) mass is 277 g/mol. The van der Waals surface area contributed by atoms with E-state index in [2.05, 4.69) is 39.2 Å². The Morgan fingerprint density at radius 1 is 1.32 bits per heavy atom. The van der Waals surface area contributed by atoms with Crippen LogP contribution >= 0.6 is 11.6 Å². The van der Waals surface area contributed by atoms with Gasteiger partial charge in [0.2, 0.25) is 0 Å². The highest BCUT2D eigenvalue weighted by Gasteiger charge is 2.25. The Labute approximate surface area is 117 Å². The molecule has 3 heterocycles. The molecule has 6 heteroatoms. The highest BCUT2D eigenvalue weighted by atomic mass is 35.5. The zero-order valence-corrected chi connectivity index (χ0v) is 11.7. The lowest BCUT2D eigenvalue weighted by atomic mass is 10.1. The summed E-state index contributed by atoms with van der Waals surface area (Å²) in [5, 5.41) is 14.1. The average molecular weight is 278 g/mol. The third kappa shape index (κ3) is 2.24. The standard InChI is InChI=1S/C13H16ClN5/c1-8-7-19(9(2)5-16-8)13-11-6-15-4-3-10(11)12(14)17-18-13/h3-4,6,8-9,16H,5,7H2,1-2H3/t8-,9+/m1/s1. The molecule has 5 nitrogen and oxygen atoms in total. The number of nitrogens with one attached hydrogen (secondary N) is 1. The lowest BCUT2D eigenvalue weighted by Gasteiger charge is -2.38. The van der Waals surface area contributed by atoms with E-state index in [1.165, 1.54) is 0 Å². The molecule has 1 N–H and O–H groups in total. The summed E-state index contributed by atoms with van der Waals surface area (Å²) in [6.07, 6.45) is 3.54. The van der Waals surface area contributed by atoms with E-state index in [0.717, 1.165) is 29.7 Å². The van der Waals surface area contributed by atoms with Crippen LogP contribution in [0.3, 0.4) is 0 Å². The van der Waals surface area contributed by atoms with Crippen LogP contribution in [0.4, 0.5) is 5.82 Å². The van der Waals surface area contributed by atoms with Crippen molar-refractivity contribution in [2.75, 3.05) is 18.0 Å². The fourth-order valence-corrected chi connectivity index (χ4v) is 2.68. The molecule has 0 spiro atoms. The summed E-state index contributed by atoms with van der Waals surface area (Å²) in [4.78, 5) is 6.46. The van der Waals surface area contributed by atoms with Crippen molar-refractivity contribution in [3.8, 4) is 0 Å². The molecule has 3 rings (SSSR count). The van der Waals surface area contributed by atoms with Gasteiger partial charge in [0.05, 0.1) is 0 Å². The molecule has 0 aromatic carbocycles. The zero-order chi connectivity index (χ0) is 13.4. The second-order valence-corrected chi connectivity index (χ2v) is 5.40. The Morgan fingerprint density at radius 3 is 3.00 bits per heavy atom. The van der Waals surface area contributed by atoms with Gasteiger partial charge in [0.1, 0.15) is 0 Å². The van der Waals surface area contributed by atoms with Gasteiger partial charge in [-0.1, -0.05) is 11.6 Å². The minimum absolute atomic E-state index is 0.370. The summed E-state index contributed by atoms with van der Waals surface area (Å²) in [6, 6.07) is 2.68. The van der Waals surface area contributed by atoms with Crippen LogP contribution in [0.15, 0.2) is 18.5 Å². The van der Waals surface area contributed by atoms with Gasteiger partial charge in [-0.2, -0.15) is 0 Å². The summed E-state index contributed by atoms with van der Waals surface area (Å²) < 4.78 is 0. The highest BCUT2D eigenvalue weighted by molar-refractivity contribution is 6.34. The Morgan fingerprint density at radius 2 is 2.16 bits per heavy atom. The number of pyridine rings is 1. The van der Waals surface area contributed by atoms with Gasteiger partial charge in [-0.25, -0.2) is 0 Å². The summed E-state index contributed by atoms with van der Waals surface area (Å²) in [5.41, 5.74) is 0. The molecule has 2 aromatic rings. The quantitative estimate of drug-likeness (QED) is 0.862. The topological polar surface area (TPSA) is 53.9 Å². The van der Waals surface area contributed by atoms with Gasteiger partial charge in [0, 0.05) is 48.3 Å². The van der Waals surface area contributed by atoms with Crippen LogP contribution in [0.2, 0.25) is 5.15 Å². The smallest absolute Gasteiger partial charge is 0.161 e. The Balaban J connectivity index is 2.12. The fraction of sp³-hybridized carbons (Fsp3) is 0.462. The van der Waals surface area contributed by atoms with E-state index in [9.17, 15) is 0 Å². The molecule has 0 radical (unpaired) electrons. The molecule has 19 heavy (non-hydrogen) atoms. The van der Waals surface area contributed by atoms with E-state index in [-0.39, 0.29) is 0 Å². The number of rotatable bonds is 1. The number of hydrogen-bond acceptors (Lipinski definition) is 5. The zero-order valence-electron chi connectivity index (χ0n) is 11.0. The molecular formula is C13H16ClN5.